The smallest absolute Gasteiger partial charge is 0.138 e. The molecule has 2 unspecified atom stereocenters. The fraction of sp³-hybridized carbons (Fsp3) is 0.875. The molecule has 1 saturated heterocycles. The van der Waals surface area contributed by atoms with E-state index in [9.17, 15) is 4.79 Å². The van der Waals surface area contributed by atoms with Crippen LogP contribution in [0.25, 0.3) is 0 Å². The second kappa shape index (κ2) is 2.70. The van der Waals surface area contributed by atoms with E-state index in [0.29, 0.717) is 11.8 Å². The summed E-state index contributed by atoms with van der Waals surface area (Å²) < 4.78 is 0. The molecule has 2 heteroatoms. The first kappa shape index (κ1) is 7.73. The number of hydrogen-bond donors (Lipinski definition) is 0. The Morgan fingerprint density at radius 1 is 1.50 bits per heavy atom. The Labute approximate surface area is 62.2 Å². The molecule has 0 radical (unpaired) electrons. The minimum atomic E-state index is 0.251. The average molecular weight is 141 g/mol. The van der Waals surface area contributed by atoms with Crippen molar-refractivity contribution in [3.8, 4) is 0 Å². The highest BCUT2D eigenvalue weighted by atomic mass is 16.1. The van der Waals surface area contributed by atoms with Gasteiger partial charge < -0.3 is 4.90 Å². The van der Waals surface area contributed by atoms with Crippen LogP contribution in [0, 0.1) is 5.92 Å². The number of ketones is 1. The molecule has 0 saturated carbocycles. The van der Waals surface area contributed by atoms with Gasteiger partial charge in [-0.3, -0.25) is 4.79 Å². The number of piperidine rings is 1. The maximum atomic E-state index is 11.1. The number of hydrogen-bond acceptors (Lipinski definition) is 2. The second-order valence-electron chi connectivity index (χ2n) is 3.36. The lowest BCUT2D eigenvalue weighted by molar-refractivity contribution is -0.126. The minimum Gasteiger partial charge on any atom is -0.303 e. The van der Waals surface area contributed by atoms with Gasteiger partial charge in [-0.2, -0.15) is 0 Å². The summed E-state index contributed by atoms with van der Waals surface area (Å²) in [6.07, 6.45) is 0.734. The Morgan fingerprint density at radius 3 is 2.60 bits per heavy atom. The summed E-state index contributed by atoms with van der Waals surface area (Å²) in [6.45, 7) is 5.04. The number of carbonyl (C=O) groups is 1. The summed E-state index contributed by atoms with van der Waals surface area (Å²) in [6, 6.07) is 0.448. The van der Waals surface area contributed by atoms with E-state index in [-0.39, 0.29) is 5.92 Å². The van der Waals surface area contributed by atoms with Gasteiger partial charge in [0, 0.05) is 24.9 Å². The van der Waals surface area contributed by atoms with Gasteiger partial charge in [0.15, 0.2) is 0 Å². The first-order chi connectivity index (χ1) is 4.61. The van der Waals surface area contributed by atoms with E-state index in [1.54, 1.807) is 0 Å². The number of rotatable bonds is 0. The molecular formula is C8H15NO. The number of carbonyl (C=O) groups excluding carboxylic acids is 1. The van der Waals surface area contributed by atoms with Crippen LogP contribution >= 0.6 is 0 Å². The van der Waals surface area contributed by atoms with Gasteiger partial charge in [0.05, 0.1) is 0 Å². The molecule has 1 aliphatic heterocycles. The van der Waals surface area contributed by atoms with Crippen molar-refractivity contribution in [1.29, 1.82) is 0 Å². The Kier molecular flexibility index (Phi) is 2.09. The van der Waals surface area contributed by atoms with E-state index in [0.717, 1.165) is 13.0 Å². The van der Waals surface area contributed by atoms with Crippen LogP contribution in [0.1, 0.15) is 20.3 Å². The highest BCUT2D eigenvalue weighted by Crippen LogP contribution is 2.15. The third-order valence-electron chi connectivity index (χ3n) is 2.36. The fourth-order valence-electron chi connectivity index (χ4n) is 1.36. The summed E-state index contributed by atoms with van der Waals surface area (Å²) in [4.78, 5) is 13.4. The highest BCUT2D eigenvalue weighted by Gasteiger charge is 2.25. The van der Waals surface area contributed by atoms with Gasteiger partial charge in [0.25, 0.3) is 0 Å². The average Bonchev–Trinajstić information content (AvgIpc) is 1.84. The van der Waals surface area contributed by atoms with Crippen molar-refractivity contribution >= 4 is 5.78 Å². The van der Waals surface area contributed by atoms with Gasteiger partial charge in [-0.1, -0.05) is 6.92 Å². The van der Waals surface area contributed by atoms with Crippen LogP contribution in [0.15, 0.2) is 0 Å². The molecule has 2 atom stereocenters. The normalized spacial score (nSPS) is 36.5. The van der Waals surface area contributed by atoms with Crippen LogP contribution in [0.4, 0.5) is 0 Å². The molecule has 58 valence electrons. The Balaban J connectivity index is 2.54. The second-order valence-corrected chi connectivity index (χ2v) is 3.36. The zero-order valence-electron chi connectivity index (χ0n) is 6.92. The molecule has 0 amide bonds. The van der Waals surface area contributed by atoms with Crippen LogP contribution in [0.2, 0.25) is 0 Å². The van der Waals surface area contributed by atoms with Crippen molar-refractivity contribution in [1.82, 2.24) is 4.90 Å². The third kappa shape index (κ3) is 1.37. The Hall–Kier alpha value is -0.370. The Bertz CT molecular complexity index is 144. The number of Topliss-reactive ketones (excluding diaryl/α,β-unsaturated/α-hetero) is 1. The molecular weight excluding hydrogens is 126 g/mol. The van der Waals surface area contributed by atoms with Crippen LogP contribution in [-0.2, 0) is 4.79 Å². The van der Waals surface area contributed by atoms with Crippen LogP contribution in [0.3, 0.4) is 0 Å². The molecule has 1 aliphatic rings. The third-order valence-corrected chi connectivity index (χ3v) is 2.36. The van der Waals surface area contributed by atoms with E-state index < -0.39 is 0 Å². The van der Waals surface area contributed by atoms with E-state index in [1.165, 1.54) is 0 Å². The molecule has 2 nitrogen and oxygen atoms in total. The molecule has 10 heavy (non-hydrogen) atoms. The van der Waals surface area contributed by atoms with Gasteiger partial charge in [0.1, 0.15) is 5.78 Å². The molecule has 0 N–H and O–H groups in total. The molecule has 1 heterocycles. The van der Waals surface area contributed by atoms with E-state index in [1.807, 2.05) is 6.92 Å². The number of likely N-dealkylation sites (tertiary alicyclic amines) is 1. The quantitative estimate of drug-likeness (QED) is 0.500. The van der Waals surface area contributed by atoms with Gasteiger partial charge >= 0.3 is 0 Å². The summed E-state index contributed by atoms with van der Waals surface area (Å²) in [7, 11) is 2.08. The first-order valence-electron chi connectivity index (χ1n) is 3.84. The monoisotopic (exact) mass is 141 g/mol. The van der Waals surface area contributed by atoms with Crippen LogP contribution in [0.5, 0.6) is 0 Å². The minimum absolute atomic E-state index is 0.251. The van der Waals surface area contributed by atoms with Gasteiger partial charge in [-0.15, -0.1) is 0 Å². The van der Waals surface area contributed by atoms with E-state index in [4.69, 9.17) is 0 Å². The summed E-state index contributed by atoms with van der Waals surface area (Å²) in [5.41, 5.74) is 0. The summed E-state index contributed by atoms with van der Waals surface area (Å²) >= 11 is 0. The van der Waals surface area contributed by atoms with Crippen molar-refractivity contribution in [3.63, 3.8) is 0 Å². The first-order valence-corrected chi connectivity index (χ1v) is 3.84. The largest absolute Gasteiger partial charge is 0.303 e. The van der Waals surface area contributed by atoms with Crippen molar-refractivity contribution in [2.45, 2.75) is 26.3 Å². The van der Waals surface area contributed by atoms with Gasteiger partial charge in [-0.25, -0.2) is 0 Å². The SMILES string of the molecule is CC1CN(C)C(C)CC1=O. The maximum absolute atomic E-state index is 11.1. The topological polar surface area (TPSA) is 20.3 Å². The summed E-state index contributed by atoms with van der Waals surface area (Å²) in [5, 5.41) is 0. The molecule has 0 bridgehead atoms. The molecule has 0 aromatic rings. The van der Waals surface area contributed by atoms with Crippen molar-refractivity contribution in [2.24, 2.45) is 5.92 Å². The number of nitrogens with zero attached hydrogens (tertiary/aromatic N) is 1. The van der Waals surface area contributed by atoms with Gasteiger partial charge in [0.2, 0.25) is 0 Å². The predicted molar refractivity (Wildman–Crippen MR) is 40.9 cm³/mol. The standard InChI is InChI=1S/C8H15NO/c1-6-5-9(3)7(2)4-8(6)10/h6-7H,4-5H2,1-3H3. The summed E-state index contributed by atoms with van der Waals surface area (Å²) in [5.74, 6) is 0.673. The molecule has 0 aliphatic carbocycles. The molecule has 0 aromatic heterocycles. The molecule has 0 spiro atoms. The lowest BCUT2D eigenvalue weighted by Gasteiger charge is -2.32. The predicted octanol–water partition coefficient (Wildman–Crippen LogP) is 0.916. The zero-order valence-corrected chi connectivity index (χ0v) is 6.92. The molecule has 0 aromatic carbocycles. The Morgan fingerprint density at radius 2 is 2.10 bits per heavy atom. The zero-order chi connectivity index (χ0) is 7.72. The van der Waals surface area contributed by atoms with Crippen LogP contribution in [-0.4, -0.2) is 30.3 Å². The van der Waals surface area contributed by atoms with Gasteiger partial charge in [-0.05, 0) is 14.0 Å². The van der Waals surface area contributed by atoms with Crippen molar-refractivity contribution in [2.75, 3.05) is 13.6 Å². The van der Waals surface area contributed by atoms with Crippen molar-refractivity contribution in [3.05, 3.63) is 0 Å². The van der Waals surface area contributed by atoms with Crippen molar-refractivity contribution < 1.29 is 4.79 Å². The van der Waals surface area contributed by atoms with E-state index in [2.05, 4.69) is 18.9 Å². The lowest BCUT2D eigenvalue weighted by Crippen LogP contribution is -2.42. The molecule has 1 rings (SSSR count). The highest BCUT2D eigenvalue weighted by molar-refractivity contribution is 5.82. The lowest BCUT2D eigenvalue weighted by atomic mass is 9.94. The maximum Gasteiger partial charge on any atom is 0.138 e. The fourth-order valence-corrected chi connectivity index (χ4v) is 1.36. The van der Waals surface area contributed by atoms with Crippen LogP contribution < -0.4 is 0 Å². The molecule has 1 fully saturated rings. The van der Waals surface area contributed by atoms with E-state index >= 15 is 0 Å².